The van der Waals surface area contributed by atoms with E-state index in [0.29, 0.717) is 22.9 Å². The molecule has 0 heterocycles. The number of amides is 2. The summed E-state index contributed by atoms with van der Waals surface area (Å²) in [5, 5.41) is 2.74. The van der Waals surface area contributed by atoms with E-state index >= 15 is 0 Å². The van der Waals surface area contributed by atoms with Crippen LogP contribution in [0.4, 0.5) is 5.69 Å². The van der Waals surface area contributed by atoms with E-state index in [0.717, 1.165) is 0 Å². The Bertz CT molecular complexity index is 1010. The lowest BCUT2D eigenvalue weighted by atomic mass is 10.2. The van der Waals surface area contributed by atoms with Crippen molar-refractivity contribution in [3.8, 4) is 23.0 Å². The molecule has 2 amide bonds. The summed E-state index contributed by atoms with van der Waals surface area (Å²) in [7, 11) is 1.43. The number of primary amides is 1. The number of rotatable bonds is 8. The number of carbonyl (C=O) groups is 2. The molecule has 3 aromatic rings. The summed E-state index contributed by atoms with van der Waals surface area (Å²) in [5.74, 6) is 0.442. The van der Waals surface area contributed by atoms with Crippen LogP contribution in [-0.2, 0) is 4.79 Å². The van der Waals surface area contributed by atoms with E-state index in [1.807, 2.05) is 30.3 Å². The SMILES string of the molecule is COc1cccc(C(N)=O)c1OCC(=O)Nc1ccccc1Oc1ccccc1. The molecule has 0 radical (unpaired) electrons. The van der Waals surface area contributed by atoms with Gasteiger partial charge >= 0.3 is 0 Å². The first-order valence-corrected chi connectivity index (χ1v) is 8.80. The van der Waals surface area contributed by atoms with Crippen molar-refractivity contribution >= 4 is 17.5 Å². The van der Waals surface area contributed by atoms with Gasteiger partial charge in [0.1, 0.15) is 5.75 Å². The fourth-order valence-corrected chi connectivity index (χ4v) is 2.62. The lowest BCUT2D eigenvalue weighted by Crippen LogP contribution is -2.22. The first kappa shape index (κ1) is 19.8. The smallest absolute Gasteiger partial charge is 0.262 e. The second kappa shape index (κ2) is 9.27. The molecule has 148 valence electrons. The summed E-state index contributed by atoms with van der Waals surface area (Å²) < 4.78 is 16.5. The van der Waals surface area contributed by atoms with Gasteiger partial charge in [0.2, 0.25) is 0 Å². The third kappa shape index (κ3) is 5.04. The van der Waals surface area contributed by atoms with E-state index in [9.17, 15) is 9.59 Å². The van der Waals surface area contributed by atoms with Crippen LogP contribution >= 0.6 is 0 Å². The Labute approximate surface area is 168 Å². The standard InChI is InChI=1S/C22H20N2O5/c1-27-19-13-7-10-16(22(23)26)21(19)28-14-20(25)24-17-11-5-6-12-18(17)29-15-8-3-2-4-9-15/h2-13H,14H2,1H3,(H2,23,26)(H,24,25). The highest BCUT2D eigenvalue weighted by molar-refractivity contribution is 5.97. The van der Waals surface area contributed by atoms with E-state index in [4.69, 9.17) is 19.9 Å². The van der Waals surface area contributed by atoms with Gasteiger partial charge in [-0.2, -0.15) is 0 Å². The molecule has 0 aromatic heterocycles. The minimum absolute atomic E-state index is 0.117. The highest BCUT2D eigenvalue weighted by Crippen LogP contribution is 2.31. The zero-order chi connectivity index (χ0) is 20.6. The average molecular weight is 392 g/mol. The van der Waals surface area contributed by atoms with Crippen molar-refractivity contribution in [2.24, 2.45) is 5.73 Å². The first-order valence-electron chi connectivity index (χ1n) is 8.80. The van der Waals surface area contributed by atoms with Crippen LogP contribution in [0.2, 0.25) is 0 Å². The Morgan fingerprint density at radius 3 is 2.31 bits per heavy atom. The number of methoxy groups -OCH3 is 1. The maximum atomic E-state index is 12.4. The number of carbonyl (C=O) groups excluding carboxylic acids is 2. The Morgan fingerprint density at radius 2 is 1.59 bits per heavy atom. The molecule has 0 spiro atoms. The van der Waals surface area contributed by atoms with Gasteiger partial charge in [-0.25, -0.2) is 0 Å². The van der Waals surface area contributed by atoms with Gasteiger partial charge in [-0.15, -0.1) is 0 Å². The predicted octanol–water partition coefficient (Wildman–Crippen LogP) is 3.60. The number of nitrogens with two attached hydrogens (primary N) is 1. The quantitative estimate of drug-likeness (QED) is 0.610. The number of anilines is 1. The molecule has 0 atom stereocenters. The Balaban J connectivity index is 1.71. The number of hydrogen-bond acceptors (Lipinski definition) is 5. The minimum atomic E-state index is -0.680. The molecule has 0 aliphatic rings. The van der Waals surface area contributed by atoms with Gasteiger partial charge in [0.15, 0.2) is 23.9 Å². The molecular formula is C22H20N2O5. The first-order chi connectivity index (χ1) is 14.1. The normalized spacial score (nSPS) is 10.1. The third-order valence-corrected chi connectivity index (χ3v) is 3.94. The van der Waals surface area contributed by atoms with Gasteiger partial charge in [0, 0.05) is 0 Å². The zero-order valence-electron chi connectivity index (χ0n) is 15.8. The third-order valence-electron chi connectivity index (χ3n) is 3.94. The summed E-state index contributed by atoms with van der Waals surface area (Å²) in [6.07, 6.45) is 0. The average Bonchev–Trinajstić information content (AvgIpc) is 2.74. The molecule has 29 heavy (non-hydrogen) atoms. The van der Waals surface area contributed by atoms with Gasteiger partial charge in [-0.3, -0.25) is 9.59 Å². The summed E-state index contributed by atoms with van der Waals surface area (Å²) in [4.78, 5) is 24.0. The number of para-hydroxylation sites is 4. The van der Waals surface area contributed by atoms with Crippen LogP contribution in [0.25, 0.3) is 0 Å². The molecule has 3 N–H and O–H groups in total. The van der Waals surface area contributed by atoms with Gasteiger partial charge in [0.05, 0.1) is 18.4 Å². The summed E-state index contributed by atoms with van der Waals surface area (Å²) in [6, 6.07) is 21.0. The van der Waals surface area contributed by atoms with Crippen molar-refractivity contribution < 1.29 is 23.8 Å². The monoisotopic (exact) mass is 392 g/mol. The van der Waals surface area contributed by atoms with Gasteiger partial charge < -0.3 is 25.3 Å². The van der Waals surface area contributed by atoms with Crippen LogP contribution in [0, 0.1) is 0 Å². The summed E-state index contributed by atoms with van der Waals surface area (Å²) in [5.41, 5.74) is 5.99. The molecule has 0 saturated carbocycles. The Kier molecular flexibility index (Phi) is 6.32. The Hall–Kier alpha value is -4.00. The van der Waals surface area contributed by atoms with Crippen LogP contribution in [0.5, 0.6) is 23.0 Å². The minimum Gasteiger partial charge on any atom is -0.493 e. The van der Waals surface area contributed by atoms with Crippen molar-refractivity contribution in [1.29, 1.82) is 0 Å². The molecule has 0 aliphatic carbocycles. The van der Waals surface area contributed by atoms with Crippen LogP contribution < -0.4 is 25.3 Å². The molecule has 0 aliphatic heterocycles. The largest absolute Gasteiger partial charge is 0.493 e. The van der Waals surface area contributed by atoms with Crippen LogP contribution in [0.1, 0.15) is 10.4 Å². The highest BCUT2D eigenvalue weighted by atomic mass is 16.5. The molecule has 0 saturated heterocycles. The second-order valence-corrected chi connectivity index (χ2v) is 5.95. The van der Waals surface area contributed by atoms with Crippen LogP contribution in [-0.4, -0.2) is 25.5 Å². The molecule has 3 rings (SSSR count). The maximum Gasteiger partial charge on any atom is 0.262 e. The molecule has 7 nitrogen and oxygen atoms in total. The van der Waals surface area contributed by atoms with Crippen molar-refractivity contribution in [1.82, 2.24) is 0 Å². The number of benzene rings is 3. The molecule has 3 aromatic carbocycles. The van der Waals surface area contributed by atoms with Crippen LogP contribution in [0.3, 0.4) is 0 Å². The summed E-state index contributed by atoms with van der Waals surface area (Å²) >= 11 is 0. The van der Waals surface area contributed by atoms with Crippen molar-refractivity contribution in [3.63, 3.8) is 0 Å². The molecule has 0 fully saturated rings. The molecule has 0 unspecified atom stereocenters. The van der Waals surface area contributed by atoms with Gasteiger partial charge in [0.25, 0.3) is 11.8 Å². The van der Waals surface area contributed by atoms with E-state index in [-0.39, 0.29) is 17.9 Å². The van der Waals surface area contributed by atoms with E-state index in [2.05, 4.69) is 5.32 Å². The lowest BCUT2D eigenvalue weighted by Gasteiger charge is -2.15. The van der Waals surface area contributed by atoms with Crippen molar-refractivity contribution in [3.05, 3.63) is 78.4 Å². The number of ether oxygens (including phenoxy) is 3. The topological polar surface area (TPSA) is 99.9 Å². The van der Waals surface area contributed by atoms with Gasteiger partial charge in [-0.1, -0.05) is 36.4 Å². The number of hydrogen-bond donors (Lipinski definition) is 2. The van der Waals surface area contributed by atoms with Gasteiger partial charge in [-0.05, 0) is 36.4 Å². The molecular weight excluding hydrogens is 372 g/mol. The van der Waals surface area contributed by atoms with Crippen molar-refractivity contribution in [2.45, 2.75) is 0 Å². The maximum absolute atomic E-state index is 12.4. The van der Waals surface area contributed by atoms with E-state index in [1.54, 1.807) is 36.4 Å². The predicted molar refractivity (Wildman–Crippen MR) is 109 cm³/mol. The van der Waals surface area contributed by atoms with E-state index in [1.165, 1.54) is 13.2 Å². The number of nitrogens with one attached hydrogen (secondary N) is 1. The van der Waals surface area contributed by atoms with Crippen molar-refractivity contribution in [2.75, 3.05) is 19.0 Å². The zero-order valence-corrected chi connectivity index (χ0v) is 15.8. The highest BCUT2D eigenvalue weighted by Gasteiger charge is 2.17. The van der Waals surface area contributed by atoms with E-state index < -0.39 is 11.8 Å². The fraction of sp³-hybridized carbons (Fsp3) is 0.0909. The fourth-order valence-electron chi connectivity index (χ4n) is 2.62. The second-order valence-electron chi connectivity index (χ2n) is 5.95. The lowest BCUT2D eigenvalue weighted by molar-refractivity contribution is -0.118. The molecule has 7 heteroatoms. The molecule has 0 bridgehead atoms. The Morgan fingerprint density at radius 1 is 0.897 bits per heavy atom. The van der Waals surface area contributed by atoms with Crippen LogP contribution in [0.15, 0.2) is 72.8 Å². The summed E-state index contributed by atoms with van der Waals surface area (Å²) in [6.45, 7) is -0.347.